The lowest BCUT2D eigenvalue weighted by Crippen LogP contribution is -2.29. The van der Waals surface area contributed by atoms with Gasteiger partial charge in [0.1, 0.15) is 6.61 Å². The van der Waals surface area contributed by atoms with E-state index in [9.17, 15) is 0 Å². The molecular formula is C26H40Cl4N2O2. The van der Waals surface area contributed by atoms with Crippen LogP contribution in [0, 0.1) is 0 Å². The Balaban J connectivity index is 0.00000544. The van der Waals surface area contributed by atoms with Gasteiger partial charge >= 0.3 is 0 Å². The summed E-state index contributed by atoms with van der Waals surface area (Å²) in [6, 6.07) is 11.5. The fourth-order valence-corrected chi connectivity index (χ4v) is 4.02. The molecule has 0 unspecified atom stereocenters. The number of ether oxygens (including phenoxy) is 2. The van der Waals surface area contributed by atoms with Crippen molar-refractivity contribution in [1.29, 1.82) is 0 Å². The highest BCUT2D eigenvalue weighted by atomic mass is 35.5. The van der Waals surface area contributed by atoms with E-state index in [4.69, 9.17) is 32.7 Å². The second-order valence-electron chi connectivity index (χ2n) is 8.07. The van der Waals surface area contributed by atoms with Gasteiger partial charge in [0.2, 0.25) is 0 Å². The number of hydrogen-bond acceptors (Lipinski definition) is 4. The van der Waals surface area contributed by atoms with Crippen molar-refractivity contribution in [3.8, 4) is 11.5 Å². The summed E-state index contributed by atoms with van der Waals surface area (Å²) >= 11 is 12.8. The van der Waals surface area contributed by atoms with Gasteiger partial charge in [0.15, 0.2) is 11.5 Å². The Morgan fingerprint density at radius 2 is 1.53 bits per heavy atom. The summed E-state index contributed by atoms with van der Waals surface area (Å²) in [7, 11) is 1.63. The molecule has 0 spiro atoms. The molecule has 0 bridgehead atoms. The van der Waals surface area contributed by atoms with Gasteiger partial charge in [-0.3, -0.25) is 0 Å². The van der Waals surface area contributed by atoms with Gasteiger partial charge in [-0.15, -0.1) is 24.8 Å². The normalized spacial score (nSPS) is 10.5. The number of nitrogens with one attached hydrogen (secondary N) is 1. The number of nitrogens with zero attached hydrogens (tertiary/aromatic N) is 1. The second kappa shape index (κ2) is 19.3. The van der Waals surface area contributed by atoms with Crippen molar-refractivity contribution >= 4 is 48.0 Å². The Morgan fingerprint density at radius 1 is 0.882 bits per heavy atom. The van der Waals surface area contributed by atoms with Crippen molar-refractivity contribution in [3.05, 3.63) is 57.6 Å². The minimum atomic E-state index is 0. The maximum absolute atomic E-state index is 6.53. The third-order valence-electron chi connectivity index (χ3n) is 5.43. The molecule has 2 aromatic carbocycles. The van der Waals surface area contributed by atoms with E-state index < -0.39 is 0 Å². The topological polar surface area (TPSA) is 33.7 Å². The van der Waals surface area contributed by atoms with Crippen LogP contribution in [0.2, 0.25) is 10.0 Å². The molecule has 0 heterocycles. The van der Waals surface area contributed by atoms with E-state index in [0.717, 1.165) is 37.2 Å². The van der Waals surface area contributed by atoms with E-state index in [1.807, 2.05) is 36.4 Å². The lowest BCUT2D eigenvalue weighted by Gasteiger charge is -2.22. The van der Waals surface area contributed by atoms with Gasteiger partial charge in [-0.25, -0.2) is 0 Å². The number of halogens is 4. The van der Waals surface area contributed by atoms with Crippen LogP contribution in [0.15, 0.2) is 36.4 Å². The average Bonchev–Trinajstić information content (AvgIpc) is 2.80. The van der Waals surface area contributed by atoms with Crippen LogP contribution in [0.4, 0.5) is 0 Å². The van der Waals surface area contributed by atoms with Crippen molar-refractivity contribution in [2.75, 3.05) is 33.3 Å². The van der Waals surface area contributed by atoms with Crippen LogP contribution in [-0.2, 0) is 13.2 Å². The molecule has 0 saturated heterocycles. The van der Waals surface area contributed by atoms with Crippen LogP contribution in [-0.4, -0.2) is 38.2 Å². The van der Waals surface area contributed by atoms with Crippen molar-refractivity contribution < 1.29 is 9.47 Å². The average molecular weight is 554 g/mol. The quantitative estimate of drug-likeness (QED) is 0.215. The molecule has 0 radical (unpaired) electrons. The molecule has 0 aliphatic carbocycles. The molecule has 2 aromatic rings. The largest absolute Gasteiger partial charge is 0.493 e. The zero-order valence-electron chi connectivity index (χ0n) is 20.6. The maximum Gasteiger partial charge on any atom is 0.180 e. The summed E-state index contributed by atoms with van der Waals surface area (Å²) in [6.45, 7) is 10.1. The highest BCUT2D eigenvalue weighted by Crippen LogP contribution is 2.37. The van der Waals surface area contributed by atoms with Crippen LogP contribution >= 0.6 is 48.0 Å². The lowest BCUT2D eigenvalue weighted by molar-refractivity contribution is 0.261. The number of hydrogen-bond donors (Lipinski definition) is 1. The van der Waals surface area contributed by atoms with Crippen LogP contribution < -0.4 is 14.8 Å². The summed E-state index contributed by atoms with van der Waals surface area (Å²) in [5.41, 5.74) is 1.98. The third kappa shape index (κ3) is 11.7. The first-order valence-corrected chi connectivity index (χ1v) is 12.5. The van der Waals surface area contributed by atoms with Crippen LogP contribution in [0.25, 0.3) is 0 Å². The number of rotatable bonds is 16. The van der Waals surface area contributed by atoms with Gasteiger partial charge in [0.25, 0.3) is 0 Å². The van der Waals surface area contributed by atoms with Crippen molar-refractivity contribution in [2.24, 2.45) is 0 Å². The van der Waals surface area contributed by atoms with E-state index in [0.29, 0.717) is 28.2 Å². The van der Waals surface area contributed by atoms with Crippen LogP contribution in [0.5, 0.6) is 11.5 Å². The summed E-state index contributed by atoms with van der Waals surface area (Å²) in [6.07, 6.45) is 6.20. The van der Waals surface area contributed by atoms with E-state index in [1.54, 1.807) is 7.11 Å². The summed E-state index contributed by atoms with van der Waals surface area (Å²) in [5, 5.41) is 4.75. The minimum Gasteiger partial charge on any atom is -0.493 e. The first-order valence-electron chi connectivity index (χ1n) is 11.7. The van der Waals surface area contributed by atoms with E-state index >= 15 is 0 Å². The highest BCUT2D eigenvalue weighted by Gasteiger charge is 2.13. The standard InChI is InChI=1S/C26H38Cl2N2O2.2ClH/c1-4-6-14-30(15-7-5-2)16-10-13-29-19-21-17-24(28)26(25(18-21)31-3)32-20-22-11-8-9-12-23(22)27;;/h8-9,11-12,17-18,29H,4-7,10,13-16,19-20H2,1-3H3;2*1H. The predicted molar refractivity (Wildman–Crippen MR) is 151 cm³/mol. The predicted octanol–water partition coefficient (Wildman–Crippen LogP) is 7.81. The summed E-state index contributed by atoms with van der Waals surface area (Å²) < 4.78 is 11.5. The molecule has 0 saturated carbocycles. The molecule has 8 heteroatoms. The van der Waals surface area contributed by atoms with Gasteiger partial charge in [-0.05, 0) is 69.2 Å². The van der Waals surface area contributed by atoms with E-state index in [-0.39, 0.29) is 24.8 Å². The number of benzene rings is 2. The molecule has 2 rings (SSSR count). The van der Waals surface area contributed by atoms with Gasteiger partial charge in [0, 0.05) is 17.1 Å². The second-order valence-corrected chi connectivity index (χ2v) is 8.88. The van der Waals surface area contributed by atoms with Gasteiger partial charge < -0.3 is 19.7 Å². The molecule has 0 amide bonds. The number of unbranched alkanes of at least 4 members (excludes halogenated alkanes) is 2. The molecule has 0 atom stereocenters. The highest BCUT2D eigenvalue weighted by molar-refractivity contribution is 6.32. The van der Waals surface area contributed by atoms with Gasteiger partial charge in [-0.1, -0.05) is 68.1 Å². The molecule has 194 valence electrons. The molecule has 34 heavy (non-hydrogen) atoms. The zero-order valence-corrected chi connectivity index (χ0v) is 23.7. The molecule has 0 aliphatic rings. The van der Waals surface area contributed by atoms with Crippen molar-refractivity contribution in [3.63, 3.8) is 0 Å². The van der Waals surface area contributed by atoms with Gasteiger partial charge in [-0.2, -0.15) is 0 Å². The molecular weight excluding hydrogens is 514 g/mol. The third-order valence-corrected chi connectivity index (χ3v) is 6.08. The first kappa shape index (κ1) is 33.1. The van der Waals surface area contributed by atoms with E-state index in [2.05, 4.69) is 24.1 Å². The molecule has 0 fully saturated rings. The fourth-order valence-electron chi connectivity index (χ4n) is 3.54. The fraction of sp³-hybridized carbons (Fsp3) is 0.538. The van der Waals surface area contributed by atoms with Gasteiger partial charge in [0.05, 0.1) is 12.1 Å². The minimum absolute atomic E-state index is 0. The molecule has 0 aliphatic heterocycles. The number of methoxy groups -OCH3 is 1. The SMILES string of the molecule is CCCCN(CCCC)CCCNCc1cc(Cl)c(OCc2ccccc2Cl)c(OC)c1.Cl.Cl. The molecule has 0 aromatic heterocycles. The Hall–Kier alpha value is -0.880. The summed E-state index contributed by atoms with van der Waals surface area (Å²) in [5.74, 6) is 1.17. The Kier molecular flexibility index (Phi) is 18.8. The Bertz CT molecular complexity index is 800. The zero-order chi connectivity index (χ0) is 23.2. The smallest absolute Gasteiger partial charge is 0.180 e. The lowest BCUT2D eigenvalue weighted by atomic mass is 10.2. The first-order chi connectivity index (χ1) is 15.6. The monoisotopic (exact) mass is 552 g/mol. The molecule has 4 nitrogen and oxygen atoms in total. The molecule has 1 N–H and O–H groups in total. The van der Waals surface area contributed by atoms with Crippen molar-refractivity contribution in [1.82, 2.24) is 10.2 Å². The Morgan fingerprint density at radius 3 is 2.15 bits per heavy atom. The van der Waals surface area contributed by atoms with Crippen molar-refractivity contribution in [2.45, 2.75) is 59.1 Å². The Labute approximate surface area is 228 Å². The maximum atomic E-state index is 6.53. The van der Waals surface area contributed by atoms with E-state index in [1.165, 1.54) is 38.8 Å². The summed E-state index contributed by atoms with van der Waals surface area (Å²) in [4.78, 5) is 2.60. The van der Waals surface area contributed by atoms with Crippen LogP contribution in [0.3, 0.4) is 0 Å². The van der Waals surface area contributed by atoms with Crippen LogP contribution in [0.1, 0.15) is 57.1 Å².